The van der Waals surface area contributed by atoms with E-state index in [2.05, 4.69) is 34.9 Å². The zero-order valence-corrected chi connectivity index (χ0v) is 11.8. The average Bonchev–Trinajstić information content (AvgIpc) is 2.87. The Hall–Kier alpha value is -0.350. The molecule has 1 fully saturated rings. The van der Waals surface area contributed by atoms with Crippen molar-refractivity contribution >= 4 is 15.9 Å². The van der Waals surface area contributed by atoms with E-state index in [1.807, 2.05) is 11.7 Å². The van der Waals surface area contributed by atoms with Crippen molar-refractivity contribution in [3.05, 3.63) is 15.9 Å². The number of rotatable bonds is 4. The molecule has 3 nitrogen and oxygen atoms in total. The van der Waals surface area contributed by atoms with Gasteiger partial charge in [-0.25, -0.2) is 0 Å². The number of nitrogens with zero attached hydrogens (tertiary/aromatic N) is 2. The third-order valence-corrected chi connectivity index (χ3v) is 4.40. The van der Waals surface area contributed by atoms with Crippen LogP contribution < -0.4 is 5.73 Å². The van der Waals surface area contributed by atoms with Crippen LogP contribution in [0.4, 0.5) is 0 Å². The topological polar surface area (TPSA) is 43.8 Å². The molecule has 0 amide bonds. The third kappa shape index (κ3) is 2.33. The van der Waals surface area contributed by atoms with Gasteiger partial charge in [-0.05, 0) is 47.5 Å². The zero-order chi connectivity index (χ0) is 11.9. The molecule has 1 aromatic heterocycles. The molecule has 0 spiro atoms. The molecule has 0 bridgehead atoms. The Kier molecular flexibility index (Phi) is 3.14. The second-order valence-electron chi connectivity index (χ2n) is 5.30. The first kappa shape index (κ1) is 12.1. The number of hydrogen-bond acceptors (Lipinski definition) is 2. The molecule has 90 valence electrons. The van der Waals surface area contributed by atoms with Crippen molar-refractivity contribution in [2.24, 2.45) is 12.8 Å². The van der Waals surface area contributed by atoms with E-state index in [1.165, 1.54) is 24.1 Å². The van der Waals surface area contributed by atoms with Crippen LogP contribution in [0.3, 0.4) is 0 Å². The minimum absolute atomic E-state index is 0.129. The summed E-state index contributed by atoms with van der Waals surface area (Å²) >= 11 is 3.62. The molecule has 2 N–H and O–H groups in total. The van der Waals surface area contributed by atoms with Crippen LogP contribution in [-0.2, 0) is 13.5 Å². The fourth-order valence-corrected chi connectivity index (χ4v) is 2.53. The minimum atomic E-state index is 0.129. The predicted molar refractivity (Wildman–Crippen MR) is 69.5 cm³/mol. The van der Waals surface area contributed by atoms with Crippen molar-refractivity contribution in [3.8, 4) is 0 Å². The van der Waals surface area contributed by atoms with Gasteiger partial charge in [0.15, 0.2) is 0 Å². The lowest BCUT2D eigenvalue weighted by atomic mass is 10.00. The summed E-state index contributed by atoms with van der Waals surface area (Å²) in [4.78, 5) is 0. The molecule has 1 aliphatic rings. The molecule has 1 saturated carbocycles. The normalized spacial score (nSPS) is 18.1. The minimum Gasteiger partial charge on any atom is -0.325 e. The standard InChI is InChI=1S/C12H20BrN3/c1-8(2)10-9(11(13)16(3)15-10)4-5-12(14)6-7-12/h8H,4-7,14H2,1-3H3. The molecule has 0 aromatic carbocycles. The number of halogens is 1. The van der Waals surface area contributed by atoms with Gasteiger partial charge in [-0.3, -0.25) is 4.68 Å². The Morgan fingerprint density at radius 3 is 2.62 bits per heavy atom. The van der Waals surface area contributed by atoms with Crippen LogP contribution in [0, 0.1) is 0 Å². The first-order valence-corrected chi connectivity index (χ1v) is 6.72. The molecule has 0 radical (unpaired) electrons. The van der Waals surface area contributed by atoms with Crippen LogP contribution >= 0.6 is 15.9 Å². The van der Waals surface area contributed by atoms with Gasteiger partial charge in [-0.15, -0.1) is 0 Å². The van der Waals surface area contributed by atoms with Gasteiger partial charge >= 0.3 is 0 Å². The lowest BCUT2D eigenvalue weighted by Crippen LogP contribution is -2.22. The van der Waals surface area contributed by atoms with E-state index in [4.69, 9.17) is 5.73 Å². The summed E-state index contributed by atoms with van der Waals surface area (Å²) in [6.45, 7) is 4.38. The third-order valence-electron chi connectivity index (χ3n) is 3.41. The summed E-state index contributed by atoms with van der Waals surface area (Å²) in [5, 5.41) is 4.56. The summed E-state index contributed by atoms with van der Waals surface area (Å²) in [6.07, 6.45) is 4.49. The van der Waals surface area contributed by atoms with E-state index in [0.717, 1.165) is 17.4 Å². The summed E-state index contributed by atoms with van der Waals surface area (Å²) in [7, 11) is 1.98. The fourth-order valence-electron chi connectivity index (χ4n) is 2.05. The zero-order valence-electron chi connectivity index (χ0n) is 10.3. The molecular formula is C12H20BrN3. The van der Waals surface area contributed by atoms with Gasteiger partial charge in [0.05, 0.1) is 5.69 Å². The molecule has 16 heavy (non-hydrogen) atoms. The monoisotopic (exact) mass is 285 g/mol. The predicted octanol–water partition coefficient (Wildman–Crippen LogP) is 2.73. The number of hydrogen-bond donors (Lipinski definition) is 1. The van der Waals surface area contributed by atoms with Crippen molar-refractivity contribution in [2.75, 3.05) is 0 Å². The van der Waals surface area contributed by atoms with Gasteiger partial charge in [-0.2, -0.15) is 5.10 Å². The molecule has 1 aliphatic carbocycles. The Balaban J connectivity index is 2.17. The molecular weight excluding hydrogens is 266 g/mol. The second kappa shape index (κ2) is 4.15. The van der Waals surface area contributed by atoms with E-state index < -0.39 is 0 Å². The Bertz CT molecular complexity index is 391. The molecule has 0 saturated heterocycles. The van der Waals surface area contributed by atoms with Crippen LogP contribution in [-0.4, -0.2) is 15.3 Å². The lowest BCUT2D eigenvalue weighted by molar-refractivity contribution is 0.604. The van der Waals surface area contributed by atoms with Crippen molar-refractivity contribution in [1.82, 2.24) is 9.78 Å². The SMILES string of the molecule is CC(C)c1nn(C)c(Br)c1CCC1(N)CC1. The molecule has 4 heteroatoms. The summed E-state index contributed by atoms with van der Waals surface area (Å²) in [5.41, 5.74) is 8.81. The van der Waals surface area contributed by atoms with E-state index >= 15 is 0 Å². The molecule has 0 atom stereocenters. The van der Waals surface area contributed by atoms with Crippen molar-refractivity contribution in [1.29, 1.82) is 0 Å². The van der Waals surface area contributed by atoms with Crippen LogP contribution in [0.2, 0.25) is 0 Å². The first-order chi connectivity index (χ1) is 7.43. The maximum Gasteiger partial charge on any atom is 0.107 e. The molecule has 0 aliphatic heterocycles. The van der Waals surface area contributed by atoms with Gasteiger partial charge in [0.1, 0.15) is 4.60 Å². The van der Waals surface area contributed by atoms with Crippen LogP contribution in [0.1, 0.15) is 50.3 Å². The molecule has 1 heterocycles. The maximum absolute atomic E-state index is 6.13. The summed E-state index contributed by atoms with van der Waals surface area (Å²) in [6, 6.07) is 0. The highest BCUT2D eigenvalue weighted by Crippen LogP contribution is 2.38. The largest absolute Gasteiger partial charge is 0.325 e. The van der Waals surface area contributed by atoms with E-state index in [-0.39, 0.29) is 5.54 Å². The maximum atomic E-state index is 6.13. The van der Waals surface area contributed by atoms with Crippen molar-refractivity contribution in [3.63, 3.8) is 0 Å². The van der Waals surface area contributed by atoms with E-state index in [9.17, 15) is 0 Å². The van der Waals surface area contributed by atoms with Crippen molar-refractivity contribution in [2.45, 2.75) is 51.0 Å². The Morgan fingerprint density at radius 1 is 1.50 bits per heavy atom. The fraction of sp³-hybridized carbons (Fsp3) is 0.750. The van der Waals surface area contributed by atoms with Gasteiger partial charge < -0.3 is 5.73 Å². The van der Waals surface area contributed by atoms with Gasteiger partial charge in [-0.1, -0.05) is 13.8 Å². The quantitative estimate of drug-likeness (QED) is 0.925. The molecule has 1 aromatic rings. The first-order valence-electron chi connectivity index (χ1n) is 5.93. The average molecular weight is 286 g/mol. The summed E-state index contributed by atoms with van der Waals surface area (Å²) in [5.74, 6) is 0.473. The second-order valence-corrected chi connectivity index (χ2v) is 6.05. The lowest BCUT2D eigenvalue weighted by Gasteiger charge is -2.10. The van der Waals surface area contributed by atoms with Crippen LogP contribution in [0.25, 0.3) is 0 Å². The van der Waals surface area contributed by atoms with Crippen LogP contribution in [0.15, 0.2) is 4.60 Å². The van der Waals surface area contributed by atoms with Gasteiger partial charge in [0, 0.05) is 18.2 Å². The highest BCUT2D eigenvalue weighted by Gasteiger charge is 2.37. The highest BCUT2D eigenvalue weighted by molar-refractivity contribution is 9.10. The van der Waals surface area contributed by atoms with E-state index in [1.54, 1.807) is 0 Å². The Morgan fingerprint density at radius 2 is 2.12 bits per heavy atom. The molecule has 0 unspecified atom stereocenters. The van der Waals surface area contributed by atoms with Gasteiger partial charge in [0.25, 0.3) is 0 Å². The number of aromatic nitrogens is 2. The van der Waals surface area contributed by atoms with E-state index in [0.29, 0.717) is 5.92 Å². The smallest absolute Gasteiger partial charge is 0.107 e. The van der Waals surface area contributed by atoms with Crippen LogP contribution in [0.5, 0.6) is 0 Å². The van der Waals surface area contributed by atoms with Gasteiger partial charge in [0.2, 0.25) is 0 Å². The Labute approximate surface area is 106 Å². The molecule has 2 rings (SSSR count). The van der Waals surface area contributed by atoms with Crippen molar-refractivity contribution < 1.29 is 0 Å². The summed E-state index contributed by atoms with van der Waals surface area (Å²) < 4.78 is 3.03. The number of aryl methyl sites for hydroxylation is 1. The highest BCUT2D eigenvalue weighted by atomic mass is 79.9. The number of nitrogens with two attached hydrogens (primary N) is 1.